The average Bonchev–Trinajstić information content (AvgIpc) is 3.06. The maximum absolute atomic E-state index is 13.0. The van der Waals surface area contributed by atoms with E-state index < -0.39 is 17.3 Å². The molecule has 0 fully saturated rings. The van der Waals surface area contributed by atoms with E-state index in [1.807, 2.05) is 11.5 Å². The van der Waals surface area contributed by atoms with Gasteiger partial charge in [0.25, 0.3) is 5.56 Å². The van der Waals surface area contributed by atoms with Crippen LogP contribution in [0.4, 0.5) is 0 Å². The number of nitrogens with zero attached hydrogens (tertiary/aromatic N) is 5. The summed E-state index contributed by atoms with van der Waals surface area (Å²) in [5.74, 6) is 0.304. The summed E-state index contributed by atoms with van der Waals surface area (Å²) in [6.07, 6.45) is 1.80. The lowest BCUT2D eigenvalue weighted by atomic mass is 10.2. The van der Waals surface area contributed by atoms with E-state index in [2.05, 4.69) is 4.98 Å². The van der Waals surface area contributed by atoms with Crippen molar-refractivity contribution in [2.45, 2.75) is 33.4 Å². The number of aryl methyl sites for hydroxylation is 2. The van der Waals surface area contributed by atoms with E-state index in [9.17, 15) is 14.4 Å². The Labute approximate surface area is 143 Å². The van der Waals surface area contributed by atoms with Gasteiger partial charge in [0.1, 0.15) is 0 Å². The lowest BCUT2D eigenvalue weighted by molar-refractivity contribution is -0.119. The van der Waals surface area contributed by atoms with E-state index in [0.717, 1.165) is 10.3 Å². The fourth-order valence-electron chi connectivity index (χ4n) is 3.00. The van der Waals surface area contributed by atoms with Gasteiger partial charge >= 0.3 is 5.69 Å². The molecular formula is C16H21N5O4. The minimum atomic E-state index is -0.835. The molecule has 3 aromatic heterocycles. The van der Waals surface area contributed by atoms with Crippen LogP contribution in [0.3, 0.4) is 0 Å². The molecule has 134 valence electrons. The second-order valence-corrected chi connectivity index (χ2v) is 6.17. The quantitative estimate of drug-likeness (QED) is 0.660. The number of Topliss-reactive ketones (excluding diaryl/α,β-unsaturated/α-hetero) is 1. The van der Waals surface area contributed by atoms with Gasteiger partial charge in [-0.3, -0.25) is 18.6 Å². The van der Waals surface area contributed by atoms with Gasteiger partial charge in [0.15, 0.2) is 16.9 Å². The highest BCUT2D eigenvalue weighted by molar-refractivity contribution is 5.80. The van der Waals surface area contributed by atoms with Gasteiger partial charge in [0.2, 0.25) is 5.78 Å². The van der Waals surface area contributed by atoms with Gasteiger partial charge in [0, 0.05) is 32.6 Å². The third-order valence-electron chi connectivity index (χ3n) is 4.58. The maximum Gasteiger partial charge on any atom is 0.333 e. The van der Waals surface area contributed by atoms with Crippen molar-refractivity contribution in [3.63, 3.8) is 0 Å². The first kappa shape index (κ1) is 17.2. The molecule has 25 heavy (non-hydrogen) atoms. The van der Waals surface area contributed by atoms with E-state index in [1.54, 1.807) is 31.7 Å². The van der Waals surface area contributed by atoms with Crippen molar-refractivity contribution in [1.29, 1.82) is 0 Å². The number of carbonyl (C=O) groups is 1. The molecule has 0 N–H and O–H groups in total. The summed E-state index contributed by atoms with van der Waals surface area (Å²) < 4.78 is 11.0. The van der Waals surface area contributed by atoms with Crippen molar-refractivity contribution < 1.29 is 9.53 Å². The number of fused-ring (bicyclic) bond motifs is 3. The van der Waals surface area contributed by atoms with Crippen molar-refractivity contribution in [2.75, 3.05) is 13.7 Å². The normalized spacial score (nSPS) is 13.0. The van der Waals surface area contributed by atoms with Crippen LogP contribution in [0.2, 0.25) is 0 Å². The first-order valence-corrected chi connectivity index (χ1v) is 7.98. The van der Waals surface area contributed by atoms with Gasteiger partial charge in [-0.25, -0.2) is 9.36 Å². The van der Waals surface area contributed by atoms with E-state index >= 15 is 0 Å². The van der Waals surface area contributed by atoms with Crippen LogP contribution in [-0.2, 0) is 23.1 Å². The highest BCUT2D eigenvalue weighted by Crippen LogP contribution is 2.16. The first-order chi connectivity index (χ1) is 11.8. The molecule has 3 rings (SSSR count). The number of ether oxygens (including phenoxy) is 1. The van der Waals surface area contributed by atoms with Crippen molar-refractivity contribution >= 4 is 22.7 Å². The highest BCUT2D eigenvalue weighted by atomic mass is 16.5. The molecule has 0 saturated carbocycles. The molecule has 0 bridgehead atoms. The number of carbonyl (C=O) groups excluding carboxylic acids is 1. The predicted molar refractivity (Wildman–Crippen MR) is 92.2 cm³/mol. The summed E-state index contributed by atoms with van der Waals surface area (Å²) in [5.41, 5.74) is 0.423. The lowest BCUT2D eigenvalue weighted by Crippen LogP contribution is -2.42. The van der Waals surface area contributed by atoms with Gasteiger partial charge in [-0.15, -0.1) is 0 Å². The fourth-order valence-corrected chi connectivity index (χ4v) is 3.00. The summed E-state index contributed by atoms with van der Waals surface area (Å²) >= 11 is 0. The van der Waals surface area contributed by atoms with E-state index in [-0.39, 0.29) is 11.3 Å². The first-order valence-electron chi connectivity index (χ1n) is 7.98. The third-order valence-corrected chi connectivity index (χ3v) is 4.58. The summed E-state index contributed by atoms with van der Waals surface area (Å²) in [5, 5.41) is 0. The molecule has 0 radical (unpaired) electrons. The predicted octanol–water partition coefficient (Wildman–Crippen LogP) is 0.254. The molecule has 0 amide bonds. The molecule has 0 aliphatic heterocycles. The van der Waals surface area contributed by atoms with Gasteiger partial charge in [-0.2, -0.15) is 4.98 Å². The second-order valence-electron chi connectivity index (χ2n) is 6.17. The van der Waals surface area contributed by atoms with Gasteiger partial charge in [-0.05, 0) is 20.8 Å². The lowest BCUT2D eigenvalue weighted by Gasteiger charge is -2.12. The molecule has 3 heterocycles. The SMILES string of the molecule is COCCn1c(C)cn2c3c(=O)n([C@H](C)C(C)=O)c(=O)n(C)c3nc12. The van der Waals surface area contributed by atoms with Crippen LogP contribution < -0.4 is 11.2 Å². The molecule has 1 atom stereocenters. The zero-order valence-electron chi connectivity index (χ0n) is 14.9. The average molecular weight is 347 g/mol. The van der Waals surface area contributed by atoms with Crippen LogP contribution in [0, 0.1) is 6.92 Å². The Hall–Kier alpha value is -2.68. The molecule has 0 saturated heterocycles. The number of imidazole rings is 2. The van der Waals surface area contributed by atoms with Gasteiger partial charge in [0.05, 0.1) is 12.6 Å². The Morgan fingerprint density at radius 3 is 2.64 bits per heavy atom. The summed E-state index contributed by atoms with van der Waals surface area (Å²) in [6.45, 7) is 5.89. The molecule has 0 aromatic carbocycles. The smallest absolute Gasteiger partial charge is 0.333 e. The Bertz CT molecular complexity index is 1100. The highest BCUT2D eigenvalue weighted by Gasteiger charge is 2.23. The monoisotopic (exact) mass is 347 g/mol. The van der Waals surface area contributed by atoms with Gasteiger partial charge < -0.3 is 9.30 Å². The van der Waals surface area contributed by atoms with Crippen molar-refractivity contribution in [3.05, 3.63) is 32.7 Å². The molecule has 9 nitrogen and oxygen atoms in total. The molecule has 0 spiro atoms. The number of methoxy groups -OCH3 is 1. The summed E-state index contributed by atoms with van der Waals surface area (Å²) in [6, 6.07) is -0.835. The van der Waals surface area contributed by atoms with E-state index in [4.69, 9.17) is 4.74 Å². The Morgan fingerprint density at radius 2 is 2.04 bits per heavy atom. The van der Waals surface area contributed by atoms with Crippen LogP contribution >= 0.6 is 0 Å². The largest absolute Gasteiger partial charge is 0.383 e. The van der Waals surface area contributed by atoms with Crippen molar-refractivity contribution in [2.24, 2.45) is 7.05 Å². The number of ketones is 1. The Morgan fingerprint density at radius 1 is 1.36 bits per heavy atom. The molecule has 9 heteroatoms. The van der Waals surface area contributed by atoms with E-state index in [0.29, 0.717) is 24.6 Å². The molecule has 0 unspecified atom stereocenters. The number of aromatic nitrogens is 5. The van der Waals surface area contributed by atoms with Gasteiger partial charge in [-0.1, -0.05) is 0 Å². The summed E-state index contributed by atoms with van der Waals surface area (Å²) in [7, 11) is 3.16. The number of rotatable bonds is 5. The van der Waals surface area contributed by atoms with E-state index in [1.165, 1.54) is 11.5 Å². The maximum atomic E-state index is 13.0. The number of hydrogen-bond acceptors (Lipinski definition) is 5. The molecular weight excluding hydrogens is 326 g/mol. The third kappa shape index (κ3) is 2.42. The number of hydrogen-bond donors (Lipinski definition) is 0. The standard InChI is InChI=1S/C16H21N5O4/c1-9-8-20-12-13(17-15(20)19(9)6-7-25-5)18(4)16(24)21(14(12)23)10(2)11(3)22/h8,10H,6-7H2,1-5H3/t10-/m1/s1. The Kier molecular flexibility index (Phi) is 4.11. The minimum absolute atomic E-state index is 0.256. The minimum Gasteiger partial charge on any atom is -0.383 e. The zero-order valence-corrected chi connectivity index (χ0v) is 14.9. The summed E-state index contributed by atoms with van der Waals surface area (Å²) in [4.78, 5) is 41.7. The van der Waals surface area contributed by atoms with Crippen LogP contribution in [0.5, 0.6) is 0 Å². The molecule has 0 aliphatic carbocycles. The van der Waals surface area contributed by atoms with Crippen LogP contribution in [-0.4, -0.2) is 42.6 Å². The van der Waals surface area contributed by atoms with Crippen molar-refractivity contribution in [3.8, 4) is 0 Å². The van der Waals surface area contributed by atoms with Crippen LogP contribution in [0.25, 0.3) is 16.9 Å². The molecule has 0 aliphatic rings. The van der Waals surface area contributed by atoms with Crippen LogP contribution in [0.15, 0.2) is 15.8 Å². The second kappa shape index (κ2) is 5.99. The fraction of sp³-hybridized carbons (Fsp3) is 0.500. The van der Waals surface area contributed by atoms with Crippen LogP contribution in [0.1, 0.15) is 25.6 Å². The molecule has 3 aromatic rings. The Balaban J connectivity index is 2.42. The topological polar surface area (TPSA) is 92.5 Å². The van der Waals surface area contributed by atoms with Crippen molar-refractivity contribution in [1.82, 2.24) is 23.1 Å². The zero-order chi connectivity index (χ0) is 18.5.